The molecule has 6 heteroatoms. The first kappa shape index (κ1) is 22.2. The molecule has 0 unspecified atom stereocenters. The first-order chi connectivity index (χ1) is 13.5. The molecule has 2 N–H and O–H groups in total. The van der Waals surface area contributed by atoms with Crippen molar-refractivity contribution in [3.63, 3.8) is 0 Å². The number of urea groups is 2. The molecular weight excluding hydrogens is 352 g/mol. The number of benzene rings is 1. The molecule has 1 rings (SSSR count). The summed E-state index contributed by atoms with van der Waals surface area (Å²) < 4.78 is 0. The largest absolute Gasteiger partial charge is 0.334 e. The van der Waals surface area contributed by atoms with E-state index in [1.807, 2.05) is 31.2 Å². The summed E-state index contributed by atoms with van der Waals surface area (Å²) in [5.74, 6) is 7.25. The van der Waals surface area contributed by atoms with Gasteiger partial charge in [-0.05, 0) is 18.1 Å². The van der Waals surface area contributed by atoms with Crippen molar-refractivity contribution in [2.45, 2.75) is 20.0 Å². The maximum absolute atomic E-state index is 12.1. The van der Waals surface area contributed by atoms with Crippen LogP contribution in [0.4, 0.5) is 9.59 Å². The number of hydrogen-bond acceptors (Lipinski definition) is 2. The minimum Gasteiger partial charge on any atom is -0.334 e. The van der Waals surface area contributed by atoms with Crippen LogP contribution in [0.5, 0.6) is 0 Å². The van der Waals surface area contributed by atoms with Gasteiger partial charge in [-0.3, -0.25) is 4.90 Å². The molecule has 0 aromatic heterocycles. The highest BCUT2D eigenvalue weighted by molar-refractivity contribution is 5.75. The van der Waals surface area contributed by atoms with Crippen molar-refractivity contribution in [3.05, 3.63) is 47.7 Å². The van der Waals surface area contributed by atoms with E-state index in [0.717, 1.165) is 11.1 Å². The number of amides is 4. The second-order valence-electron chi connectivity index (χ2n) is 5.71. The second-order valence-corrected chi connectivity index (χ2v) is 5.71. The molecule has 144 valence electrons. The van der Waals surface area contributed by atoms with E-state index in [-0.39, 0.29) is 31.7 Å². The van der Waals surface area contributed by atoms with Crippen LogP contribution in [0.25, 0.3) is 0 Å². The van der Waals surface area contributed by atoms with Crippen LogP contribution in [0.15, 0.2) is 36.5 Å². The summed E-state index contributed by atoms with van der Waals surface area (Å²) in [4.78, 5) is 27.0. The monoisotopic (exact) mass is 376 g/mol. The van der Waals surface area contributed by atoms with E-state index in [4.69, 9.17) is 19.3 Å². The summed E-state index contributed by atoms with van der Waals surface area (Å²) in [6.07, 6.45) is 19.1. The highest BCUT2D eigenvalue weighted by atomic mass is 16.2. The van der Waals surface area contributed by atoms with Crippen LogP contribution >= 0.6 is 0 Å². The fourth-order valence-electron chi connectivity index (χ4n) is 2.23. The van der Waals surface area contributed by atoms with Crippen molar-refractivity contribution in [2.24, 2.45) is 0 Å². The number of allylic oxidation sites excluding steroid dienone is 1. The number of carbonyl (C=O) groups is 2. The number of nitrogens with one attached hydrogen (secondary N) is 2. The van der Waals surface area contributed by atoms with Crippen molar-refractivity contribution < 1.29 is 9.59 Å². The average Bonchev–Trinajstić information content (AvgIpc) is 2.70. The van der Waals surface area contributed by atoms with E-state index in [1.54, 1.807) is 12.3 Å². The highest BCUT2D eigenvalue weighted by Gasteiger charge is 2.11. The Balaban J connectivity index is 2.54. The van der Waals surface area contributed by atoms with Crippen LogP contribution in [0.3, 0.4) is 0 Å². The molecule has 0 saturated heterocycles. The fourth-order valence-corrected chi connectivity index (χ4v) is 2.23. The minimum atomic E-state index is -0.315. The molecule has 0 spiro atoms. The van der Waals surface area contributed by atoms with Gasteiger partial charge in [0.05, 0.1) is 19.6 Å². The van der Waals surface area contributed by atoms with Crippen molar-refractivity contribution in [3.8, 4) is 37.0 Å². The van der Waals surface area contributed by atoms with Crippen LogP contribution in [0.2, 0.25) is 0 Å². The average molecular weight is 376 g/mol. The second kappa shape index (κ2) is 12.5. The van der Waals surface area contributed by atoms with Gasteiger partial charge in [0.25, 0.3) is 0 Å². The molecule has 1 aromatic carbocycles. The summed E-state index contributed by atoms with van der Waals surface area (Å²) in [5.41, 5.74) is 1.83. The lowest BCUT2D eigenvalue weighted by Crippen LogP contribution is -2.40. The normalized spacial score (nSPS) is 9.64. The van der Waals surface area contributed by atoms with Gasteiger partial charge in [-0.15, -0.1) is 19.3 Å². The van der Waals surface area contributed by atoms with Gasteiger partial charge < -0.3 is 15.5 Å². The lowest BCUT2D eigenvalue weighted by molar-refractivity contribution is 0.209. The number of carbonyl (C=O) groups excluding carboxylic acids is 2. The molecule has 0 aliphatic rings. The highest BCUT2D eigenvalue weighted by Crippen LogP contribution is 2.05. The number of hydrogen-bond donors (Lipinski definition) is 2. The maximum atomic E-state index is 12.1. The molecule has 0 heterocycles. The van der Waals surface area contributed by atoms with Gasteiger partial charge in [0.2, 0.25) is 0 Å². The fraction of sp³-hybridized carbons (Fsp3) is 0.273. The predicted octanol–water partition coefficient (Wildman–Crippen LogP) is 2.14. The summed E-state index contributed by atoms with van der Waals surface area (Å²) in [7, 11) is 0. The molecule has 4 amide bonds. The van der Waals surface area contributed by atoms with E-state index in [0.29, 0.717) is 13.1 Å². The van der Waals surface area contributed by atoms with E-state index in [1.165, 1.54) is 9.80 Å². The molecule has 0 aliphatic carbocycles. The zero-order valence-electron chi connectivity index (χ0n) is 15.9. The van der Waals surface area contributed by atoms with Crippen molar-refractivity contribution in [1.82, 2.24) is 20.4 Å². The molecular formula is C22H24N4O2. The summed E-state index contributed by atoms with van der Waals surface area (Å²) in [5, 5.41) is 5.58. The lowest BCUT2D eigenvalue weighted by atomic mass is 10.1. The van der Waals surface area contributed by atoms with Gasteiger partial charge >= 0.3 is 12.1 Å². The molecule has 0 bridgehead atoms. The van der Waals surface area contributed by atoms with Crippen molar-refractivity contribution in [1.29, 1.82) is 0 Å². The van der Waals surface area contributed by atoms with Gasteiger partial charge in [0.15, 0.2) is 0 Å². The van der Waals surface area contributed by atoms with Crippen molar-refractivity contribution >= 4 is 12.1 Å². The van der Waals surface area contributed by atoms with Crippen LogP contribution in [0.1, 0.15) is 18.1 Å². The third kappa shape index (κ3) is 7.60. The standard InChI is InChI=1S/C22H24N4O2/c1-5-13-25(14-6-2)21(27)23-17-19-9-11-20(12-10-19)18-24-22(28)26(15-7-3)16-8-4/h1-3,8-12,16H,13-15,17-18H2,4H3,(H,23,27)(H,24,28)/b16-8-. The Morgan fingerprint density at radius 1 is 0.893 bits per heavy atom. The van der Waals surface area contributed by atoms with Gasteiger partial charge in [-0.1, -0.05) is 48.1 Å². The van der Waals surface area contributed by atoms with E-state index in [2.05, 4.69) is 28.4 Å². The first-order valence-corrected chi connectivity index (χ1v) is 8.64. The third-order valence-corrected chi connectivity index (χ3v) is 3.61. The number of nitrogens with zero attached hydrogens (tertiary/aromatic N) is 2. The number of rotatable bonds is 8. The van der Waals surface area contributed by atoms with Crippen LogP contribution < -0.4 is 10.6 Å². The Morgan fingerprint density at radius 2 is 1.36 bits per heavy atom. The Hall–Kier alpha value is -3.82. The van der Waals surface area contributed by atoms with Crippen LogP contribution in [-0.4, -0.2) is 41.5 Å². The summed E-state index contributed by atoms with van der Waals surface area (Å²) in [6.45, 7) is 3.02. The maximum Gasteiger partial charge on any atom is 0.322 e. The molecule has 0 fully saturated rings. The molecule has 28 heavy (non-hydrogen) atoms. The van der Waals surface area contributed by atoms with Crippen molar-refractivity contribution in [2.75, 3.05) is 19.6 Å². The smallest absolute Gasteiger partial charge is 0.322 e. The van der Waals surface area contributed by atoms with Gasteiger partial charge in [-0.2, -0.15) is 0 Å². The third-order valence-electron chi connectivity index (χ3n) is 3.61. The summed E-state index contributed by atoms with van der Waals surface area (Å²) >= 11 is 0. The van der Waals surface area contributed by atoms with E-state index in [9.17, 15) is 9.59 Å². The zero-order valence-corrected chi connectivity index (χ0v) is 15.9. The minimum absolute atomic E-state index is 0.151. The van der Waals surface area contributed by atoms with Gasteiger partial charge in [0, 0.05) is 19.3 Å². The van der Waals surface area contributed by atoms with E-state index < -0.39 is 0 Å². The first-order valence-electron chi connectivity index (χ1n) is 8.64. The number of terminal acetylenes is 3. The van der Waals surface area contributed by atoms with Gasteiger partial charge in [-0.25, -0.2) is 9.59 Å². The molecule has 6 nitrogen and oxygen atoms in total. The Kier molecular flexibility index (Phi) is 9.94. The SMILES string of the molecule is C#CCN(/C=C\C)C(=O)NCc1ccc(CNC(=O)N(CC#C)CC#C)cc1. The topological polar surface area (TPSA) is 64.7 Å². The lowest BCUT2D eigenvalue weighted by Gasteiger charge is -2.18. The Labute approximate surface area is 167 Å². The van der Waals surface area contributed by atoms with Gasteiger partial charge in [0.1, 0.15) is 0 Å². The molecule has 0 atom stereocenters. The molecule has 0 aliphatic heterocycles. The predicted molar refractivity (Wildman–Crippen MR) is 111 cm³/mol. The zero-order chi connectivity index (χ0) is 20.8. The Bertz CT molecular complexity index is 791. The molecule has 1 aromatic rings. The Morgan fingerprint density at radius 3 is 1.79 bits per heavy atom. The van der Waals surface area contributed by atoms with Crippen LogP contribution in [-0.2, 0) is 13.1 Å². The van der Waals surface area contributed by atoms with Crippen LogP contribution in [0, 0.1) is 37.0 Å². The molecule has 0 radical (unpaired) electrons. The van der Waals surface area contributed by atoms with E-state index >= 15 is 0 Å². The quantitative estimate of drug-likeness (QED) is 0.683. The summed E-state index contributed by atoms with van der Waals surface area (Å²) in [6, 6.07) is 6.92. The molecule has 0 saturated carbocycles.